The van der Waals surface area contributed by atoms with Crippen molar-refractivity contribution in [3.05, 3.63) is 95.1 Å². The summed E-state index contributed by atoms with van der Waals surface area (Å²) in [7, 11) is 0. The average molecular weight is 443 g/mol. The fourth-order valence-corrected chi connectivity index (χ4v) is 5.56. The highest BCUT2D eigenvalue weighted by atomic mass is 16.5. The number of hydrogen-bond donors (Lipinski definition) is 1. The third kappa shape index (κ3) is 5.25. The zero-order valence-electron chi connectivity index (χ0n) is 19.3. The van der Waals surface area contributed by atoms with Crippen LogP contribution >= 0.6 is 0 Å². The maximum Gasteiger partial charge on any atom is 0.165 e. The van der Waals surface area contributed by atoms with Crippen LogP contribution in [0.4, 0.5) is 0 Å². The second kappa shape index (κ2) is 10.4. The molecule has 1 fully saturated rings. The molecule has 1 N–H and O–H groups in total. The Kier molecular flexibility index (Phi) is 6.97. The Bertz CT molecular complexity index is 1030. The number of benzene rings is 3. The molecule has 0 saturated heterocycles. The second-order valence-electron chi connectivity index (χ2n) is 9.64. The molecular weight excluding hydrogens is 408 g/mol. The second-order valence-corrected chi connectivity index (χ2v) is 9.64. The lowest BCUT2D eigenvalue weighted by molar-refractivity contribution is 0.0771. The number of ether oxygens (including phenoxy) is 2. The van der Waals surface area contributed by atoms with Crippen molar-refractivity contribution in [2.75, 3.05) is 0 Å². The first-order valence-electron chi connectivity index (χ1n) is 12.4. The van der Waals surface area contributed by atoms with Crippen LogP contribution in [-0.2, 0) is 19.6 Å². The van der Waals surface area contributed by atoms with Crippen molar-refractivity contribution < 1.29 is 14.6 Å². The molecule has 0 radical (unpaired) electrons. The SMILES string of the molecule is OC1c2ccc(OCc3ccccc3)c(OCc3ccccc3)c2CCC1CC1CCCC1. The van der Waals surface area contributed by atoms with Crippen LogP contribution in [0.25, 0.3) is 0 Å². The van der Waals surface area contributed by atoms with Gasteiger partial charge in [-0.2, -0.15) is 0 Å². The van der Waals surface area contributed by atoms with E-state index in [9.17, 15) is 5.11 Å². The predicted molar refractivity (Wildman–Crippen MR) is 131 cm³/mol. The molecule has 2 atom stereocenters. The smallest absolute Gasteiger partial charge is 0.165 e. The number of fused-ring (bicyclic) bond motifs is 1. The van der Waals surface area contributed by atoms with Gasteiger partial charge in [-0.25, -0.2) is 0 Å². The van der Waals surface area contributed by atoms with Gasteiger partial charge in [0.05, 0.1) is 6.10 Å². The molecule has 3 heteroatoms. The minimum absolute atomic E-state index is 0.346. The fraction of sp³-hybridized carbons (Fsp3) is 0.400. The normalized spacial score (nSPS) is 20.4. The quantitative estimate of drug-likeness (QED) is 0.407. The lowest BCUT2D eigenvalue weighted by atomic mass is 9.76. The van der Waals surface area contributed by atoms with Gasteiger partial charge in [0, 0.05) is 5.56 Å². The predicted octanol–water partition coefficient (Wildman–Crippen LogP) is 7.02. The minimum Gasteiger partial charge on any atom is -0.485 e. The molecule has 0 spiro atoms. The molecule has 2 aliphatic rings. The van der Waals surface area contributed by atoms with Crippen molar-refractivity contribution in [1.29, 1.82) is 0 Å². The van der Waals surface area contributed by atoms with E-state index in [4.69, 9.17) is 9.47 Å². The Morgan fingerprint density at radius 2 is 1.36 bits per heavy atom. The molecule has 0 amide bonds. The van der Waals surface area contributed by atoms with E-state index in [0.29, 0.717) is 19.1 Å². The molecule has 2 unspecified atom stereocenters. The molecular formula is C30H34O3. The molecule has 0 aromatic heterocycles. The largest absolute Gasteiger partial charge is 0.485 e. The maximum absolute atomic E-state index is 11.3. The molecule has 33 heavy (non-hydrogen) atoms. The Morgan fingerprint density at radius 3 is 2.03 bits per heavy atom. The third-order valence-corrected chi connectivity index (χ3v) is 7.36. The van der Waals surface area contributed by atoms with Crippen LogP contribution in [0.15, 0.2) is 72.8 Å². The third-order valence-electron chi connectivity index (χ3n) is 7.36. The molecule has 0 bridgehead atoms. The molecule has 2 aliphatic carbocycles. The van der Waals surface area contributed by atoms with Gasteiger partial charge >= 0.3 is 0 Å². The van der Waals surface area contributed by atoms with E-state index in [-0.39, 0.29) is 0 Å². The highest BCUT2D eigenvalue weighted by Crippen LogP contribution is 2.46. The highest BCUT2D eigenvalue weighted by Gasteiger charge is 2.33. The number of aliphatic hydroxyl groups is 1. The molecule has 3 aromatic carbocycles. The summed E-state index contributed by atoms with van der Waals surface area (Å²) in [5.74, 6) is 2.69. The summed E-state index contributed by atoms with van der Waals surface area (Å²) in [6.07, 6.45) is 8.02. The molecule has 3 aromatic rings. The van der Waals surface area contributed by atoms with Crippen molar-refractivity contribution >= 4 is 0 Å². The first-order valence-corrected chi connectivity index (χ1v) is 12.4. The topological polar surface area (TPSA) is 38.7 Å². The number of rotatable bonds is 8. The molecule has 3 nitrogen and oxygen atoms in total. The fourth-order valence-electron chi connectivity index (χ4n) is 5.56. The van der Waals surface area contributed by atoms with Crippen LogP contribution in [0.2, 0.25) is 0 Å². The minimum atomic E-state index is -0.420. The molecule has 0 aliphatic heterocycles. The van der Waals surface area contributed by atoms with Gasteiger partial charge in [0.25, 0.3) is 0 Å². The van der Waals surface area contributed by atoms with E-state index < -0.39 is 6.10 Å². The van der Waals surface area contributed by atoms with Crippen LogP contribution < -0.4 is 9.47 Å². The molecule has 172 valence electrons. The zero-order valence-corrected chi connectivity index (χ0v) is 19.3. The van der Waals surface area contributed by atoms with Crippen molar-refractivity contribution in [2.24, 2.45) is 11.8 Å². The summed E-state index contributed by atoms with van der Waals surface area (Å²) in [4.78, 5) is 0. The van der Waals surface area contributed by atoms with Crippen molar-refractivity contribution in [1.82, 2.24) is 0 Å². The van der Waals surface area contributed by atoms with Gasteiger partial charge in [0.15, 0.2) is 11.5 Å². The average Bonchev–Trinajstić information content (AvgIpc) is 3.38. The van der Waals surface area contributed by atoms with E-state index in [0.717, 1.165) is 58.9 Å². The number of aliphatic hydroxyl groups excluding tert-OH is 1. The summed E-state index contributed by atoms with van der Waals surface area (Å²) in [6, 6.07) is 24.5. The van der Waals surface area contributed by atoms with Crippen LogP contribution in [0, 0.1) is 11.8 Å². The molecule has 1 saturated carbocycles. The summed E-state index contributed by atoms with van der Waals surface area (Å²) < 4.78 is 12.6. The van der Waals surface area contributed by atoms with Crippen LogP contribution in [0.3, 0.4) is 0 Å². The van der Waals surface area contributed by atoms with Crippen LogP contribution in [0.1, 0.15) is 66.9 Å². The summed E-state index contributed by atoms with van der Waals surface area (Å²) in [5, 5.41) is 11.3. The monoisotopic (exact) mass is 442 g/mol. The molecule has 5 rings (SSSR count). The van der Waals surface area contributed by atoms with Crippen molar-refractivity contribution in [3.63, 3.8) is 0 Å². The van der Waals surface area contributed by atoms with E-state index >= 15 is 0 Å². The van der Waals surface area contributed by atoms with Crippen LogP contribution in [0.5, 0.6) is 11.5 Å². The summed E-state index contributed by atoms with van der Waals surface area (Å²) >= 11 is 0. The first-order chi connectivity index (χ1) is 16.3. The van der Waals surface area contributed by atoms with Crippen molar-refractivity contribution in [3.8, 4) is 11.5 Å². The molecule has 0 heterocycles. The van der Waals surface area contributed by atoms with Gasteiger partial charge in [-0.05, 0) is 53.9 Å². The van der Waals surface area contributed by atoms with E-state index in [1.165, 1.54) is 25.7 Å². The Morgan fingerprint density at radius 1 is 0.727 bits per heavy atom. The maximum atomic E-state index is 11.3. The summed E-state index contributed by atoms with van der Waals surface area (Å²) in [5.41, 5.74) is 4.39. The van der Waals surface area contributed by atoms with Gasteiger partial charge in [-0.1, -0.05) is 92.4 Å². The van der Waals surface area contributed by atoms with Crippen molar-refractivity contribution in [2.45, 2.75) is 64.3 Å². The highest BCUT2D eigenvalue weighted by molar-refractivity contribution is 5.53. The Hall–Kier alpha value is -2.78. The van der Waals surface area contributed by atoms with Crippen LogP contribution in [-0.4, -0.2) is 5.11 Å². The lowest BCUT2D eigenvalue weighted by Crippen LogP contribution is -2.23. The van der Waals surface area contributed by atoms with E-state index in [1.807, 2.05) is 42.5 Å². The first kappa shape index (κ1) is 22.0. The number of hydrogen-bond acceptors (Lipinski definition) is 3. The van der Waals surface area contributed by atoms with Gasteiger partial charge in [-0.3, -0.25) is 0 Å². The van der Waals surface area contributed by atoms with E-state index in [1.54, 1.807) is 0 Å². The summed E-state index contributed by atoms with van der Waals surface area (Å²) in [6.45, 7) is 0.981. The lowest BCUT2D eigenvalue weighted by Gasteiger charge is -2.33. The zero-order chi connectivity index (χ0) is 22.5. The van der Waals surface area contributed by atoms with Gasteiger partial charge in [0.2, 0.25) is 0 Å². The van der Waals surface area contributed by atoms with Gasteiger partial charge in [0.1, 0.15) is 13.2 Å². The Labute approximate surface area is 197 Å². The Balaban J connectivity index is 1.39. The standard InChI is InChI=1S/C30H34O3/c31-29-25(19-22-9-7-8-10-22)15-16-27-26(29)17-18-28(32-20-23-11-3-1-4-12-23)30(27)33-21-24-13-5-2-6-14-24/h1-6,11-14,17-18,22,25,29,31H,7-10,15-16,19-21H2. The van der Waals surface area contributed by atoms with E-state index in [2.05, 4.69) is 30.3 Å². The van der Waals surface area contributed by atoms with Gasteiger partial charge < -0.3 is 14.6 Å². The van der Waals surface area contributed by atoms with Gasteiger partial charge in [-0.15, -0.1) is 0 Å².